The molecule has 0 atom stereocenters. The van der Waals surface area contributed by atoms with Gasteiger partial charge in [0.25, 0.3) is 0 Å². The zero-order valence-electron chi connectivity index (χ0n) is 13.2. The molecule has 0 unspecified atom stereocenters. The van der Waals surface area contributed by atoms with E-state index >= 15 is 0 Å². The van der Waals surface area contributed by atoms with Gasteiger partial charge in [-0.05, 0) is 38.8 Å². The summed E-state index contributed by atoms with van der Waals surface area (Å²) in [4.78, 5) is 4.56. The number of nitrogens with zero attached hydrogens (tertiary/aromatic N) is 2. The fraction of sp³-hybridized carbons (Fsp3) is 0.667. The summed E-state index contributed by atoms with van der Waals surface area (Å²) in [5.74, 6) is 0.899. The van der Waals surface area contributed by atoms with Crippen molar-refractivity contribution in [1.29, 1.82) is 0 Å². The molecule has 5 nitrogen and oxygen atoms in total. The predicted molar refractivity (Wildman–Crippen MR) is 99.6 cm³/mol. The van der Waals surface area contributed by atoms with Crippen molar-refractivity contribution in [2.75, 3.05) is 32.8 Å². The molecule has 1 aromatic rings. The number of halogens is 1. The molecule has 0 spiro atoms. The monoisotopic (exact) mass is 408 g/mol. The molecule has 0 saturated heterocycles. The van der Waals surface area contributed by atoms with Gasteiger partial charge in [0.1, 0.15) is 0 Å². The minimum Gasteiger partial charge on any atom is -0.382 e. The summed E-state index contributed by atoms with van der Waals surface area (Å²) >= 11 is 0. The van der Waals surface area contributed by atoms with Crippen molar-refractivity contribution in [2.45, 2.75) is 33.2 Å². The summed E-state index contributed by atoms with van der Waals surface area (Å²) in [5.41, 5.74) is 0. The zero-order valence-corrected chi connectivity index (χ0v) is 15.5. The normalized spacial score (nSPS) is 11.0. The first kappa shape index (κ1) is 20.2. The van der Waals surface area contributed by atoms with E-state index in [1.807, 2.05) is 19.1 Å². The molecule has 0 aliphatic rings. The van der Waals surface area contributed by atoms with Crippen LogP contribution in [0.15, 0.2) is 29.5 Å². The lowest BCUT2D eigenvalue weighted by molar-refractivity contribution is 0.144. The standard InChI is InChI=1S/C15H28N4O.HI/c1-3-16-15(17-9-5-8-14-20-4-2)18-10-13-19-11-6-7-12-19;/h6-7,11-12H,3-5,8-10,13-14H2,1-2H3,(H2,16,17,18);1H. The van der Waals surface area contributed by atoms with Gasteiger partial charge in [0, 0.05) is 51.8 Å². The van der Waals surface area contributed by atoms with E-state index in [9.17, 15) is 0 Å². The van der Waals surface area contributed by atoms with Crippen LogP contribution in [0, 0.1) is 0 Å². The van der Waals surface area contributed by atoms with E-state index in [1.165, 1.54) is 0 Å². The molecule has 0 bridgehead atoms. The first-order valence-electron chi connectivity index (χ1n) is 7.57. The van der Waals surface area contributed by atoms with Gasteiger partial charge in [-0.15, -0.1) is 24.0 Å². The molecule has 1 heterocycles. The Morgan fingerprint density at radius 2 is 1.90 bits per heavy atom. The van der Waals surface area contributed by atoms with Crippen molar-refractivity contribution in [1.82, 2.24) is 15.2 Å². The SMILES string of the molecule is CCNC(=NCCCCOCC)NCCn1cccc1.I. The second-order valence-electron chi connectivity index (χ2n) is 4.51. The van der Waals surface area contributed by atoms with Crippen LogP contribution in [0.1, 0.15) is 26.7 Å². The minimum absolute atomic E-state index is 0. The highest BCUT2D eigenvalue weighted by atomic mass is 127. The molecule has 0 amide bonds. The van der Waals surface area contributed by atoms with Crippen molar-refractivity contribution < 1.29 is 4.74 Å². The Morgan fingerprint density at radius 3 is 2.57 bits per heavy atom. The zero-order chi connectivity index (χ0) is 14.5. The molecule has 0 aliphatic carbocycles. The maximum absolute atomic E-state index is 5.31. The fourth-order valence-corrected chi connectivity index (χ4v) is 1.82. The molecule has 1 rings (SSSR count). The first-order chi connectivity index (χ1) is 9.86. The van der Waals surface area contributed by atoms with Gasteiger partial charge in [-0.1, -0.05) is 0 Å². The first-order valence-corrected chi connectivity index (χ1v) is 7.57. The Bertz CT molecular complexity index is 355. The Hall–Kier alpha value is -0.760. The van der Waals surface area contributed by atoms with Crippen LogP contribution in [-0.4, -0.2) is 43.4 Å². The molecular formula is C15H29IN4O. The maximum Gasteiger partial charge on any atom is 0.191 e. The second kappa shape index (κ2) is 14.2. The molecule has 21 heavy (non-hydrogen) atoms. The highest BCUT2D eigenvalue weighted by molar-refractivity contribution is 14.0. The van der Waals surface area contributed by atoms with Crippen molar-refractivity contribution in [3.05, 3.63) is 24.5 Å². The van der Waals surface area contributed by atoms with Crippen LogP contribution in [0.25, 0.3) is 0 Å². The third-order valence-corrected chi connectivity index (χ3v) is 2.84. The van der Waals surface area contributed by atoms with E-state index in [0.29, 0.717) is 0 Å². The summed E-state index contributed by atoms with van der Waals surface area (Å²) in [6, 6.07) is 4.08. The summed E-state index contributed by atoms with van der Waals surface area (Å²) in [6.45, 7) is 9.28. The van der Waals surface area contributed by atoms with E-state index < -0.39 is 0 Å². The van der Waals surface area contributed by atoms with Crippen molar-refractivity contribution in [3.8, 4) is 0 Å². The number of nitrogens with one attached hydrogen (secondary N) is 2. The van der Waals surface area contributed by atoms with Gasteiger partial charge in [0.05, 0.1) is 0 Å². The van der Waals surface area contributed by atoms with E-state index in [2.05, 4.69) is 39.5 Å². The number of hydrogen-bond acceptors (Lipinski definition) is 2. The highest BCUT2D eigenvalue weighted by Crippen LogP contribution is 1.91. The largest absolute Gasteiger partial charge is 0.382 e. The summed E-state index contributed by atoms with van der Waals surface area (Å²) in [5, 5.41) is 6.61. The molecule has 1 aromatic heterocycles. The molecule has 122 valence electrons. The predicted octanol–water partition coefficient (Wildman–Crippen LogP) is 2.48. The maximum atomic E-state index is 5.31. The number of hydrogen-bond donors (Lipinski definition) is 2. The summed E-state index contributed by atoms with van der Waals surface area (Å²) in [7, 11) is 0. The Kier molecular flexibility index (Phi) is 13.7. The minimum atomic E-state index is 0. The third-order valence-electron chi connectivity index (χ3n) is 2.84. The van der Waals surface area contributed by atoms with Gasteiger partial charge in [-0.3, -0.25) is 4.99 Å². The molecule has 0 saturated carbocycles. The quantitative estimate of drug-likeness (QED) is 0.271. The molecule has 0 aliphatic heterocycles. The Balaban J connectivity index is 0.00000400. The fourth-order valence-electron chi connectivity index (χ4n) is 1.82. The number of unbranched alkanes of at least 4 members (excludes halogenated alkanes) is 1. The topological polar surface area (TPSA) is 50.6 Å². The molecule has 6 heteroatoms. The van der Waals surface area contributed by atoms with Gasteiger partial charge >= 0.3 is 0 Å². The Labute approximate surface area is 145 Å². The van der Waals surface area contributed by atoms with Crippen LogP contribution in [0.5, 0.6) is 0 Å². The van der Waals surface area contributed by atoms with Gasteiger partial charge in [0.15, 0.2) is 5.96 Å². The molecule has 0 fully saturated rings. The lowest BCUT2D eigenvalue weighted by Gasteiger charge is -2.11. The van der Waals surface area contributed by atoms with E-state index in [-0.39, 0.29) is 24.0 Å². The van der Waals surface area contributed by atoms with Crippen LogP contribution < -0.4 is 10.6 Å². The number of aromatic nitrogens is 1. The smallest absolute Gasteiger partial charge is 0.191 e. The van der Waals surface area contributed by atoms with Gasteiger partial charge in [-0.25, -0.2) is 0 Å². The number of guanidine groups is 1. The molecular weight excluding hydrogens is 379 g/mol. The number of aliphatic imine (C=N–C) groups is 1. The van der Waals surface area contributed by atoms with Crippen LogP contribution >= 0.6 is 24.0 Å². The van der Waals surface area contributed by atoms with Gasteiger partial charge in [-0.2, -0.15) is 0 Å². The van der Waals surface area contributed by atoms with Crippen LogP contribution in [0.4, 0.5) is 0 Å². The van der Waals surface area contributed by atoms with Crippen LogP contribution in [0.3, 0.4) is 0 Å². The summed E-state index contributed by atoms with van der Waals surface area (Å²) in [6.07, 6.45) is 6.27. The average Bonchev–Trinajstić information content (AvgIpc) is 2.96. The second-order valence-corrected chi connectivity index (χ2v) is 4.51. The van der Waals surface area contributed by atoms with Gasteiger partial charge < -0.3 is 19.9 Å². The lowest BCUT2D eigenvalue weighted by atomic mass is 10.3. The van der Waals surface area contributed by atoms with Crippen molar-refractivity contribution in [3.63, 3.8) is 0 Å². The number of rotatable bonds is 10. The van der Waals surface area contributed by atoms with E-state index in [4.69, 9.17) is 4.74 Å². The lowest BCUT2D eigenvalue weighted by Crippen LogP contribution is -2.38. The average molecular weight is 408 g/mol. The van der Waals surface area contributed by atoms with E-state index in [0.717, 1.165) is 58.2 Å². The van der Waals surface area contributed by atoms with Crippen molar-refractivity contribution >= 4 is 29.9 Å². The summed E-state index contributed by atoms with van der Waals surface area (Å²) < 4.78 is 7.46. The number of ether oxygens (including phenoxy) is 1. The van der Waals surface area contributed by atoms with Crippen molar-refractivity contribution in [2.24, 2.45) is 4.99 Å². The Morgan fingerprint density at radius 1 is 1.14 bits per heavy atom. The van der Waals surface area contributed by atoms with Gasteiger partial charge in [0.2, 0.25) is 0 Å². The van der Waals surface area contributed by atoms with E-state index in [1.54, 1.807) is 0 Å². The third kappa shape index (κ3) is 10.6. The molecule has 2 N–H and O–H groups in total. The van der Waals surface area contributed by atoms with Crippen LogP contribution in [0.2, 0.25) is 0 Å². The molecule has 0 aromatic carbocycles. The molecule has 0 radical (unpaired) electrons. The van der Waals surface area contributed by atoms with Crippen LogP contribution in [-0.2, 0) is 11.3 Å². The highest BCUT2D eigenvalue weighted by Gasteiger charge is 1.96.